The van der Waals surface area contributed by atoms with Crippen molar-refractivity contribution in [2.75, 3.05) is 76.3 Å². The number of fused-ring (bicyclic) bond motifs is 1. The quantitative estimate of drug-likeness (QED) is 0.223. The summed E-state index contributed by atoms with van der Waals surface area (Å²) in [5.74, 6) is -1.92. The number of hydrogen-bond acceptors (Lipinski definition) is 9. The zero-order valence-corrected chi connectivity index (χ0v) is 33.9. The largest absolute Gasteiger partial charge is 0.371 e. The molecule has 4 heterocycles. The van der Waals surface area contributed by atoms with Crippen molar-refractivity contribution >= 4 is 40.7 Å². The molecule has 3 aromatic carbocycles. The van der Waals surface area contributed by atoms with Gasteiger partial charge < -0.3 is 19.6 Å². The molecule has 58 heavy (non-hydrogen) atoms. The number of anilines is 2. The Bertz CT molecular complexity index is 2050. The van der Waals surface area contributed by atoms with Gasteiger partial charge in [0, 0.05) is 118 Å². The van der Waals surface area contributed by atoms with Crippen LogP contribution in [0.15, 0.2) is 60.7 Å². The topological polar surface area (TPSA) is 114 Å². The number of likely N-dealkylation sites (N-methyl/N-ethyl adjacent to an activating group) is 1. The number of piperazine rings is 1. The third-order valence-corrected chi connectivity index (χ3v) is 13.6. The molecule has 4 atom stereocenters. The van der Waals surface area contributed by atoms with E-state index in [4.69, 9.17) is 0 Å². The molecule has 3 aromatic rings. The number of benzene rings is 3. The molecule has 8 rings (SSSR count). The van der Waals surface area contributed by atoms with Crippen LogP contribution in [0, 0.1) is 30.5 Å². The third-order valence-electron chi connectivity index (χ3n) is 13.6. The maximum atomic E-state index is 14.7. The molecule has 5 aliphatic rings. The van der Waals surface area contributed by atoms with Crippen molar-refractivity contribution in [3.63, 3.8) is 0 Å². The molecule has 4 saturated heterocycles. The van der Waals surface area contributed by atoms with E-state index in [0.29, 0.717) is 55.6 Å². The van der Waals surface area contributed by atoms with E-state index in [0.717, 1.165) is 68.9 Å². The molecule has 11 nitrogen and oxygen atoms in total. The van der Waals surface area contributed by atoms with Gasteiger partial charge in [0.1, 0.15) is 5.82 Å². The maximum absolute atomic E-state index is 14.7. The third kappa shape index (κ3) is 8.18. The Morgan fingerprint density at radius 1 is 0.810 bits per heavy atom. The molecule has 12 heteroatoms. The maximum Gasteiger partial charge on any atom is 0.229 e. The lowest BCUT2D eigenvalue weighted by atomic mass is 9.86. The van der Waals surface area contributed by atoms with Crippen LogP contribution < -0.4 is 15.1 Å². The number of rotatable bonds is 10. The molecule has 0 aromatic heterocycles. The van der Waals surface area contributed by atoms with Crippen LogP contribution in [-0.4, -0.2) is 116 Å². The predicted molar refractivity (Wildman–Crippen MR) is 221 cm³/mol. The fraction of sp³-hybridized carbons (Fsp3) is 0.500. The Hall–Kier alpha value is -4.94. The number of nitrogens with one attached hydrogen (secondary N) is 1. The first kappa shape index (κ1) is 39.9. The van der Waals surface area contributed by atoms with Gasteiger partial charge in [-0.1, -0.05) is 24.3 Å². The van der Waals surface area contributed by atoms with Crippen LogP contribution >= 0.6 is 0 Å². The van der Waals surface area contributed by atoms with Crippen molar-refractivity contribution in [1.82, 2.24) is 20.0 Å². The Kier molecular flexibility index (Phi) is 11.5. The highest BCUT2D eigenvalue weighted by Crippen LogP contribution is 2.37. The van der Waals surface area contributed by atoms with E-state index in [1.807, 2.05) is 30.0 Å². The lowest BCUT2D eigenvalue weighted by Gasteiger charge is -2.38. The lowest BCUT2D eigenvalue weighted by Crippen LogP contribution is -2.49. The number of halogens is 1. The summed E-state index contributed by atoms with van der Waals surface area (Å²) in [4.78, 5) is 75.2. The summed E-state index contributed by atoms with van der Waals surface area (Å²) in [5, 5.41) is 2.33. The van der Waals surface area contributed by atoms with Crippen molar-refractivity contribution in [1.29, 1.82) is 0 Å². The Morgan fingerprint density at radius 2 is 1.50 bits per heavy atom. The molecule has 4 fully saturated rings. The van der Waals surface area contributed by atoms with Crippen LogP contribution in [0.25, 0.3) is 0 Å². The number of piperidine rings is 2. The number of Topliss-reactive ketones (excluding diaryl/α,β-unsaturated/α-hetero) is 2. The van der Waals surface area contributed by atoms with E-state index in [1.165, 1.54) is 11.3 Å². The van der Waals surface area contributed by atoms with Gasteiger partial charge in [-0.25, -0.2) is 4.39 Å². The van der Waals surface area contributed by atoms with Gasteiger partial charge in [0.2, 0.25) is 17.7 Å². The summed E-state index contributed by atoms with van der Waals surface area (Å²) >= 11 is 0. The molecule has 0 bridgehead atoms. The molecule has 0 radical (unpaired) electrons. The number of aryl methyl sites for hydroxylation is 1. The molecule has 1 aliphatic carbocycles. The number of ketones is 2. The number of imide groups is 1. The lowest BCUT2D eigenvalue weighted by molar-refractivity contribution is -0.136. The summed E-state index contributed by atoms with van der Waals surface area (Å²) in [7, 11) is 4.26. The second kappa shape index (κ2) is 16.7. The fourth-order valence-electron chi connectivity index (χ4n) is 9.96. The number of carbonyl (C=O) groups excluding carboxylic acids is 5. The first-order valence-electron chi connectivity index (χ1n) is 21.0. The van der Waals surface area contributed by atoms with Gasteiger partial charge in [0.05, 0.1) is 5.92 Å². The van der Waals surface area contributed by atoms with Gasteiger partial charge in [-0.05, 0) is 100 Å². The molecule has 3 amide bonds. The van der Waals surface area contributed by atoms with Crippen molar-refractivity contribution in [3.8, 4) is 0 Å². The number of hydrogen-bond donors (Lipinski definition) is 1. The molecule has 1 N–H and O–H groups in total. The van der Waals surface area contributed by atoms with Crippen LogP contribution in [-0.2, 0) is 20.9 Å². The average Bonchev–Trinajstić information content (AvgIpc) is 3.75. The van der Waals surface area contributed by atoms with Crippen molar-refractivity contribution in [2.24, 2.45) is 17.8 Å². The minimum atomic E-state index is -0.886. The van der Waals surface area contributed by atoms with E-state index < -0.39 is 17.7 Å². The van der Waals surface area contributed by atoms with E-state index in [-0.39, 0.29) is 48.0 Å². The van der Waals surface area contributed by atoms with Gasteiger partial charge >= 0.3 is 0 Å². The summed E-state index contributed by atoms with van der Waals surface area (Å²) in [6, 6.07) is 20.0. The Morgan fingerprint density at radius 3 is 2.19 bits per heavy atom. The molecule has 2 unspecified atom stereocenters. The number of carbonyl (C=O) groups is 5. The zero-order valence-electron chi connectivity index (χ0n) is 33.9. The van der Waals surface area contributed by atoms with Crippen LogP contribution in [0.3, 0.4) is 0 Å². The SMILES string of the molecule is Cc1cccc(F)c1CN1C[C@H](c2ccc(N3CCN(C(=O)CC4CCN(c5ccc6c(c5)C(=O)C(CC5CCC(=O)NC5=O)C6=O)CC4)CC3)cc2)[C@@H](N(C)C)C1. The van der Waals surface area contributed by atoms with Gasteiger partial charge in [-0.15, -0.1) is 0 Å². The average molecular weight is 791 g/mol. The first-order valence-corrected chi connectivity index (χ1v) is 21.0. The summed E-state index contributed by atoms with van der Waals surface area (Å²) in [6.07, 6.45) is 2.97. The first-order chi connectivity index (χ1) is 27.9. The molecule has 0 saturated carbocycles. The summed E-state index contributed by atoms with van der Waals surface area (Å²) in [5.41, 5.74) is 5.96. The van der Waals surface area contributed by atoms with E-state index in [1.54, 1.807) is 18.2 Å². The zero-order chi connectivity index (χ0) is 40.7. The fourth-order valence-corrected chi connectivity index (χ4v) is 9.96. The van der Waals surface area contributed by atoms with Crippen LogP contribution in [0.1, 0.15) is 81.8 Å². The molecular weight excluding hydrogens is 736 g/mol. The van der Waals surface area contributed by atoms with Gasteiger partial charge in [0.25, 0.3) is 0 Å². The number of nitrogens with zero attached hydrogens (tertiary/aromatic N) is 5. The van der Waals surface area contributed by atoms with Crippen molar-refractivity contribution in [2.45, 2.75) is 64.0 Å². The normalized spacial score (nSPS) is 24.5. The van der Waals surface area contributed by atoms with Crippen LogP contribution in [0.4, 0.5) is 15.8 Å². The molecule has 4 aliphatic heterocycles. The Balaban J connectivity index is 0.796. The smallest absolute Gasteiger partial charge is 0.229 e. The standard InChI is InChI=1S/C46H55FN6O5/c1-29-5-4-6-40(47)38(29)26-50-27-39(41(28-50)49(2)3)31-7-10-33(11-8-31)52-19-21-53(22-20-52)43(55)23-30-15-17-51(18-16-30)34-12-13-35-36(25-34)45(57)37(44(35)56)24-32-9-14-42(54)48-46(32)58/h4-8,10-13,25,30,32,37,39,41H,9,14-24,26-28H2,1-3H3,(H,48,54,58)/t32?,37?,39-,41+/m1/s1. The molecule has 0 spiro atoms. The van der Waals surface area contributed by atoms with Gasteiger partial charge in [-0.3, -0.25) is 34.2 Å². The second-order valence-electron chi connectivity index (χ2n) is 17.4. The van der Waals surface area contributed by atoms with E-state index in [9.17, 15) is 28.4 Å². The highest BCUT2D eigenvalue weighted by molar-refractivity contribution is 6.26. The van der Waals surface area contributed by atoms with Crippen molar-refractivity contribution < 1.29 is 28.4 Å². The van der Waals surface area contributed by atoms with Gasteiger partial charge in [0.15, 0.2) is 11.6 Å². The highest BCUT2D eigenvalue weighted by atomic mass is 19.1. The van der Waals surface area contributed by atoms with Crippen LogP contribution in [0.2, 0.25) is 0 Å². The van der Waals surface area contributed by atoms with Gasteiger partial charge in [-0.2, -0.15) is 0 Å². The second-order valence-corrected chi connectivity index (χ2v) is 17.4. The minimum Gasteiger partial charge on any atom is -0.371 e. The summed E-state index contributed by atoms with van der Waals surface area (Å²) in [6.45, 7) is 8.86. The predicted octanol–water partition coefficient (Wildman–Crippen LogP) is 5.06. The van der Waals surface area contributed by atoms with Crippen molar-refractivity contribution in [3.05, 3.63) is 94.3 Å². The summed E-state index contributed by atoms with van der Waals surface area (Å²) < 4.78 is 14.7. The monoisotopic (exact) mass is 790 g/mol. The molecule has 306 valence electrons. The van der Waals surface area contributed by atoms with E-state index in [2.05, 4.69) is 63.3 Å². The van der Waals surface area contributed by atoms with E-state index >= 15 is 0 Å². The number of amides is 3. The number of likely N-dealkylation sites (tertiary alicyclic amines) is 1. The molecular formula is C46H55FN6O5. The van der Waals surface area contributed by atoms with Crippen LogP contribution in [0.5, 0.6) is 0 Å². The Labute approximate surface area is 340 Å². The highest BCUT2D eigenvalue weighted by Gasteiger charge is 2.42. The minimum absolute atomic E-state index is 0.126.